The van der Waals surface area contributed by atoms with Crippen molar-refractivity contribution in [1.29, 1.82) is 0 Å². The van der Waals surface area contributed by atoms with Gasteiger partial charge in [0.2, 0.25) is 0 Å². The second-order valence-corrected chi connectivity index (χ2v) is 14.4. The van der Waals surface area contributed by atoms with E-state index in [4.69, 9.17) is 18.9 Å². The summed E-state index contributed by atoms with van der Waals surface area (Å²) in [5.74, 6) is 0.373. The van der Waals surface area contributed by atoms with Gasteiger partial charge in [-0.05, 0) is 73.1 Å². The fourth-order valence-corrected chi connectivity index (χ4v) is 7.72. The van der Waals surface area contributed by atoms with Crippen LogP contribution in [0.4, 0.5) is 0 Å². The Morgan fingerprint density at radius 3 is 2.11 bits per heavy atom. The molecule has 4 bridgehead atoms. The zero-order chi connectivity index (χ0) is 28.0. The Balaban J connectivity index is 0.000000155. The van der Waals surface area contributed by atoms with E-state index in [1.165, 1.54) is 0 Å². The quantitative estimate of drug-likeness (QED) is 0.361. The van der Waals surface area contributed by atoms with E-state index in [0.29, 0.717) is 0 Å². The maximum atomic E-state index is 12.3. The van der Waals surface area contributed by atoms with Crippen LogP contribution < -0.4 is 0 Å². The first-order valence-corrected chi connectivity index (χ1v) is 14.4. The second-order valence-electron chi connectivity index (χ2n) is 14.4. The topological polar surface area (TPSA) is 105 Å². The number of rotatable bonds is 6. The number of carbonyl (C=O) groups is 4. The maximum absolute atomic E-state index is 12.3. The van der Waals surface area contributed by atoms with Gasteiger partial charge < -0.3 is 18.9 Å². The molecule has 6 fully saturated rings. The van der Waals surface area contributed by atoms with Gasteiger partial charge in [-0.2, -0.15) is 0 Å². The molecule has 8 heteroatoms. The molecule has 2 heterocycles. The molecule has 0 aromatic heterocycles. The minimum Gasteiger partial charge on any atom is -0.458 e. The first-order chi connectivity index (χ1) is 17.6. The Kier molecular flexibility index (Phi) is 6.28. The van der Waals surface area contributed by atoms with E-state index in [9.17, 15) is 19.2 Å². The molecule has 2 saturated heterocycles. The molecule has 212 valence electrons. The van der Waals surface area contributed by atoms with Gasteiger partial charge >= 0.3 is 23.9 Å². The van der Waals surface area contributed by atoms with Crippen LogP contribution in [0.2, 0.25) is 0 Å². The monoisotopic (exact) mass is 532 g/mol. The third kappa shape index (κ3) is 3.90. The van der Waals surface area contributed by atoms with Gasteiger partial charge in [-0.25, -0.2) is 0 Å². The minimum absolute atomic E-state index is 0.0455. The van der Waals surface area contributed by atoms with E-state index in [1.807, 2.05) is 48.5 Å². The summed E-state index contributed by atoms with van der Waals surface area (Å²) in [5.41, 5.74) is -1.64. The van der Waals surface area contributed by atoms with Crippen molar-refractivity contribution < 1.29 is 38.1 Å². The molecule has 10 atom stereocenters. The van der Waals surface area contributed by atoms with Crippen LogP contribution in [-0.4, -0.2) is 47.8 Å². The fraction of sp³-hybridized carbons (Fsp3) is 0.867. The highest BCUT2D eigenvalue weighted by molar-refractivity contribution is 5.80. The van der Waals surface area contributed by atoms with Crippen LogP contribution in [0, 0.1) is 45.8 Å². The summed E-state index contributed by atoms with van der Waals surface area (Å²) in [7, 11) is 0. The van der Waals surface area contributed by atoms with Crippen LogP contribution in [0.1, 0.15) is 93.9 Å². The molecule has 2 aliphatic heterocycles. The molecule has 0 spiro atoms. The zero-order valence-corrected chi connectivity index (χ0v) is 24.1. The van der Waals surface area contributed by atoms with E-state index < -0.39 is 16.4 Å². The first-order valence-electron chi connectivity index (χ1n) is 14.4. The zero-order valence-electron chi connectivity index (χ0n) is 24.1. The molecule has 0 radical (unpaired) electrons. The smallest absolute Gasteiger partial charge is 0.312 e. The lowest BCUT2D eigenvalue weighted by Crippen LogP contribution is -2.49. The SMILES string of the molecule is CCC(C)(C)C(=O)OC1(C)C2CC3C(=O)OC1C3C2.CCC(C)(C)C(=O)OC1C2OC(=O)C3CC1(C)CC32. The Hall–Kier alpha value is -2.12. The molecule has 0 amide bonds. The maximum Gasteiger partial charge on any atom is 0.312 e. The number of ether oxygens (including phenoxy) is 4. The number of carbonyl (C=O) groups excluding carboxylic acids is 4. The third-order valence-corrected chi connectivity index (χ3v) is 11.2. The number of esters is 4. The van der Waals surface area contributed by atoms with Crippen LogP contribution in [0.3, 0.4) is 0 Å². The normalized spacial score (nSPS) is 43.5. The van der Waals surface area contributed by atoms with Gasteiger partial charge in [0.05, 0.1) is 22.7 Å². The van der Waals surface area contributed by atoms with E-state index in [2.05, 4.69) is 6.92 Å². The van der Waals surface area contributed by atoms with Gasteiger partial charge in [-0.15, -0.1) is 0 Å². The highest BCUT2D eigenvalue weighted by Crippen LogP contribution is 2.63. The van der Waals surface area contributed by atoms with Crippen LogP contribution in [0.15, 0.2) is 0 Å². The molecule has 6 rings (SSSR count). The van der Waals surface area contributed by atoms with E-state index >= 15 is 0 Å². The molecular weight excluding hydrogens is 488 g/mol. The van der Waals surface area contributed by atoms with Crippen molar-refractivity contribution in [1.82, 2.24) is 0 Å². The number of fused-ring (bicyclic) bond motifs is 2. The van der Waals surface area contributed by atoms with E-state index in [-0.39, 0.29) is 77.2 Å². The van der Waals surface area contributed by atoms with Crippen molar-refractivity contribution >= 4 is 23.9 Å². The van der Waals surface area contributed by atoms with Crippen molar-refractivity contribution in [2.75, 3.05) is 0 Å². The minimum atomic E-state index is -0.614. The first kappa shape index (κ1) is 27.4. The van der Waals surface area contributed by atoms with E-state index in [1.54, 1.807) is 0 Å². The van der Waals surface area contributed by atoms with Crippen LogP contribution in [-0.2, 0) is 38.1 Å². The molecule has 4 aliphatic carbocycles. The summed E-state index contributed by atoms with van der Waals surface area (Å²) in [6.07, 6.45) is 4.32. The molecule has 0 N–H and O–H groups in total. The van der Waals surface area contributed by atoms with Crippen molar-refractivity contribution in [2.24, 2.45) is 45.8 Å². The van der Waals surface area contributed by atoms with Crippen molar-refractivity contribution in [3.05, 3.63) is 0 Å². The summed E-state index contributed by atoms with van der Waals surface area (Å²) in [6.45, 7) is 15.6. The summed E-state index contributed by atoms with van der Waals surface area (Å²) in [4.78, 5) is 48.1. The van der Waals surface area contributed by atoms with Crippen LogP contribution >= 0.6 is 0 Å². The Morgan fingerprint density at radius 1 is 0.868 bits per heavy atom. The van der Waals surface area contributed by atoms with Gasteiger partial charge in [-0.1, -0.05) is 20.8 Å². The lowest BCUT2D eigenvalue weighted by atomic mass is 9.79. The lowest BCUT2D eigenvalue weighted by molar-refractivity contribution is -0.188. The van der Waals surface area contributed by atoms with Gasteiger partial charge in [0, 0.05) is 23.2 Å². The average molecular weight is 533 g/mol. The molecule has 0 aromatic carbocycles. The van der Waals surface area contributed by atoms with Crippen molar-refractivity contribution in [3.8, 4) is 0 Å². The summed E-state index contributed by atoms with van der Waals surface area (Å²) >= 11 is 0. The molecule has 10 unspecified atom stereocenters. The van der Waals surface area contributed by atoms with Gasteiger partial charge in [-0.3, -0.25) is 19.2 Å². The summed E-state index contributed by atoms with van der Waals surface area (Å²) < 4.78 is 22.6. The Labute approximate surface area is 225 Å². The van der Waals surface area contributed by atoms with Gasteiger partial charge in [0.25, 0.3) is 0 Å². The Morgan fingerprint density at radius 2 is 1.47 bits per heavy atom. The van der Waals surface area contributed by atoms with Crippen molar-refractivity contribution in [3.63, 3.8) is 0 Å². The molecule has 8 nitrogen and oxygen atoms in total. The summed E-state index contributed by atoms with van der Waals surface area (Å²) in [5, 5.41) is 0. The fourth-order valence-electron chi connectivity index (χ4n) is 7.72. The number of hydrogen-bond acceptors (Lipinski definition) is 8. The number of hydrogen-bond donors (Lipinski definition) is 0. The molecule has 0 aromatic rings. The van der Waals surface area contributed by atoms with Gasteiger partial charge in [0.15, 0.2) is 0 Å². The summed E-state index contributed by atoms with van der Waals surface area (Å²) in [6, 6.07) is 0. The van der Waals surface area contributed by atoms with Crippen LogP contribution in [0.25, 0.3) is 0 Å². The largest absolute Gasteiger partial charge is 0.458 e. The molecule has 4 saturated carbocycles. The third-order valence-electron chi connectivity index (χ3n) is 11.2. The van der Waals surface area contributed by atoms with Crippen LogP contribution in [0.5, 0.6) is 0 Å². The predicted molar refractivity (Wildman–Crippen MR) is 136 cm³/mol. The average Bonchev–Trinajstić information content (AvgIpc) is 3.64. The van der Waals surface area contributed by atoms with E-state index in [0.717, 1.165) is 38.5 Å². The molecule has 6 aliphatic rings. The predicted octanol–water partition coefficient (Wildman–Crippen LogP) is 4.61. The highest BCUT2D eigenvalue weighted by atomic mass is 16.6. The van der Waals surface area contributed by atoms with Gasteiger partial charge in [0.1, 0.15) is 23.9 Å². The molecular formula is C30H44O8. The lowest BCUT2D eigenvalue weighted by Gasteiger charge is -2.38. The van der Waals surface area contributed by atoms with Crippen molar-refractivity contribution in [2.45, 2.75) is 118 Å². The Bertz CT molecular complexity index is 1040. The second kappa shape index (κ2) is 8.69. The standard InChI is InChI=1S/2C15H22O4/c1-5-14(2,3)13(17)19-11-10-8-6-15(11,4)7-9(8)12(16)18-10;1-5-14(2,3)13(17)19-15(4)8-6-9-10(7-8)12(16)18-11(9)15/h2*8-11H,5-7H2,1-4H3. The highest BCUT2D eigenvalue weighted by Gasteiger charge is 2.70. The molecule has 38 heavy (non-hydrogen) atoms.